The van der Waals surface area contributed by atoms with Crippen LogP contribution in [-0.4, -0.2) is 59.7 Å². The van der Waals surface area contributed by atoms with Gasteiger partial charge in [-0.15, -0.1) is 0 Å². The Morgan fingerprint density at radius 1 is 1.32 bits per heavy atom. The minimum absolute atomic E-state index is 0.305. The van der Waals surface area contributed by atoms with Crippen molar-refractivity contribution in [2.45, 2.75) is 18.1 Å². The minimum Gasteiger partial charge on any atom is -0.345 e. The number of anilines is 1. The Kier molecular flexibility index (Phi) is 4.96. The van der Waals surface area contributed by atoms with E-state index >= 15 is 0 Å². The third-order valence-electron chi connectivity index (χ3n) is 4.48. The summed E-state index contributed by atoms with van der Waals surface area (Å²) in [6, 6.07) is 0. The molecule has 10 heteroatoms. The number of nitrogens with zero attached hydrogens (tertiary/aromatic N) is 3. The van der Waals surface area contributed by atoms with E-state index < -0.39 is 20.7 Å². The molecule has 1 fully saturated rings. The summed E-state index contributed by atoms with van der Waals surface area (Å²) in [7, 11) is -3.45. The smallest absolute Gasteiger partial charge is 0.286 e. The van der Waals surface area contributed by atoms with Crippen LogP contribution in [0.1, 0.15) is 23.0 Å². The molecule has 2 heterocycles. The minimum atomic E-state index is -3.45. The quantitative estimate of drug-likeness (QED) is 0.593. The molecule has 1 aromatic rings. The van der Waals surface area contributed by atoms with E-state index in [1.54, 1.807) is 24.6 Å². The van der Waals surface area contributed by atoms with Crippen molar-refractivity contribution in [1.82, 2.24) is 14.8 Å². The number of allylic oxidation sites excluding steroid dienone is 3. The summed E-state index contributed by atoms with van der Waals surface area (Å²) in [5, 5.41) is 9.30. The highest BCUT2D eigenvalue weighted by Gasteiger charge is 2.42. The van der Waals surface area contributed by atoms with Crippen LogP contribution in [0.25, 0.3) is 0 Å². The van der Waals surface area contributed by atoms with E-state index in [1.807, 2.05) is 17.1 Å². The van der Waals surface area contributed by atoms with Crippen molar-refractivity contribution in [2.75, 3.05) is 31.1 Å². The Morgan fingerprint density at radius 2 is 2.04 bits per heavy atom. The van der Waals surface area contributed by atoms with E-state index in [0.717, 1.165) is 11.3 Å². The Bertz CT molecular complexity index is 809. The van der Waals surface area contributed by atoms with Gasteiger partial charge in [0.05, 0.1) is 6.20 Å². The lowest BCUT2D eigenvalue weighted by molar-refractivity contribution is 0.0710. The summed E-state index contributed by atoms with van der Waals surface area (Å²) in [5.74, 6) is -0.602. The van der Waals surface area contributed by atoms with Crippen LogP contribution in [0.4, 0.5) is 5.13 Å². The Morgan fingerprint density at radius 3 is 2.64 bits per heavy atom. The van der Waals surface area contributed by atoms with Crippen LogP contribution in [0, 0.1) is 0 Å². The van der Waals surface area contributed by atoms with Gasteiger partial charge in [-0.1, -0.05) is 35.6 Å². The van der Waals surface area contributed by atoms with E-state index in [1.165, 1.54) is 10.5 Å². The van der Waals surface area contributed by atoms with Gasteiger partial charge in [0.1, 0.15) is 9.62 Å². The lowest BCUT2D eigenvalue weighted by Crippen LogP contribution is -2.54. The molecular weight excluding hydrogens is 364 g/mol. The van der Waals surface area contributed by atoms with Gasteiger partial charge in [0.15, 0.2) is 5.13 Å². The first kappa shape index (κ1) is 18.1. The number of piperazine rings is 1. The Hall–Kier alpha value is -1.75. The maximum Gasteiger partial charge on any atom is 0.286 e. The molecule has 2 N–H and O–H groups in total. The highest BCUT2D eigenvalue weighted by molar-refractivity contribution is 7.90. The van der Waals surface area contributed by atoms with Gasteiger partial charge in [-0.25, -0.2) is 18.9 Å². The summed E-state index contributed by atoms with van der Waals surface area (Å²) >= 11 is 1.16. The number of aromatic nitrogens is 1. The summed E-state index contributed by atoms with van der Waals surface area (Å²) in [4.78, 5) is 17.8. The van der Waals surface area contributed by atoms with Gasteiger partial charge in [-0.2, -0.15) is 4.31 Å². The topological polar surface area (TPSA) is 103 Å². The van der Waals surface area contributed by atoms with Crippen LogP contribution in [0.5, 0.6) is 0 Å². The van der Waals surface area contributed by atoms with E-state index in [9.17, 15) is 13.2 Å². The number of rotatable bonds is 4. The first-order chi connectivity index (χ1) is 11.9. The molecule has 1 saturated heterocycles. The van der Waals surface area contributed by atoms with E-state index in [-0.39, 0.29) is 0 Å². The summed E-state index contributed by atoms with van der Waals surface area (Å²) in [6.45, 7) is 3.49. The number of thiazole rings is 1. The molecule has 0 spiro atoms. The molecule has 0 aromatic carbocycles. The molecule has 8 nitrogen and oxygen atoms in total. The fraction of sp³-hybridized carbons (Fsp3) is 0.467. The summed E-state index contributed by atoms with van der Waals surface area (Å²) in [6.07, 6.45) is 9.12. The van der Waals surface area contributed by atoms with Crippen molar-refractivity contribution in [2.24, 2.45) is 0 Å². The van der Waals surface area contributed by atoms with Gasteiger partial charge >= 0.3 is 0 Å². The van der Waals surface area contributed by atoms with Crippen LogP contribution in [-0.2, 0) is 10.0 Å². The third kappa shape index (κ3) is 3.34. The normalized spacial score (nSPS) is 24.5. The molecule has 1 aromatic heterocycles. The molecule has 1 aliphatic carbocycles. The lowest BCUT2D eigenvalue weighted by atomic mass is 10.0. The molecule has 136 valence electrons. The van der Waals surface area contributed by atoms with Crippen molar-refractivity contribution in [3.05, 3.63) is 35.4 Å². The average Bonchev–Trinajstić information content (AvgIpc) is 3.12. The largest absolute Gasteiger partial charge is 0.345 e. The average molecular weight is 384 g/mol. The fourth-order valence-corrected chi connectivity index (χ4v) is 5.53. The number of carbonyl (C=O) groups is 1. The predicted molar refractivity (Wildman–Crippen MR) is 95.4 cm³/mol. The van der Waals surface area contributed by atoms with Crippen LogP contribution < -0.4 is 10.4 Å². The number of sulfonamides is 1. The van der Waals surface area contributed by atoms with Crippen molar-refractivity contribution in [1.29, 1.82) is 0 Å². The Balaban J connectivity index is 1.67. The Labute approximate surface area is 150 Å². The van der Waals surface area contributed by atoms with Crippen molar-refractivity contribution >= 4 is 32.4 Å². The van der Waals surface area contributed by atoms with Gasteiger partial charge in [-0.05, 0) is 13.3 Å². The van der Waals surface area contributed by atoms with Gasteiger partial charge in [0, 0.05) is 26.2 Å². The number of nitrogens with one attached hydrogen (secondary N) is 1. The second-order valence-electron chi connectivity index (χ2n) is 6.14. The zero-order valence-electron chi connectivity index (χ0n) is 13.8. The van der Waals surface area contributed by atoms with Gasteiger partial charge < -0.3 is 4.90 Å². The van der Waals surface area contributed by atoms with Gasteiger partial charge in [0.2, 0.25) is 10.0 Å². The predicted octanol–water partition coefficient (Wildman–Crippen LogP) is 0.989. The lowest BCUT2D eigenvalue weighted by Gasteiger charge is -2.38. The SMILES string of the molecule is CC1(S(=O)(=O)N2CCN(c3ncc(C(=O)NO)s3)CC2)C=CC=CC1. The molecule has 1 aliphatic heterocycles. The summed E-state index contributed by atoms with van der Waals surface area (Å²) < 4.78 is 26.6. The van der Waals surface area contributed by atoms with Crippen LogP contribution >= 0.6 is 11.3 Å². The van der Waals surface area contributed by atoms with Gasteiger partial charge in [-0.3, -0.25) is 10.0 Å². The summed E-state index contributed by atoms with van der Waals surface area (Å²) in [5.41, 5.74) is 1.58. The molecule has 1 atom stereocenters. The van der Waals surface area contributed by atoms with E-state index in [4.69, 9.17) is 5.21 Å². The third-order valence-corrected chi connectivity index (χ3v) is 8.06. The first-order valence-electron chi connectivity index (χ1n) is 7.87. The molecule has 0 saturated carbocycles. The maximum absolute atomic E-state index is 13.0. The molecule has 25 heavy (non-hydrogen) atoms. The van der Waals surface area contributed by atoms with Crippen LogP contribution in [0.2, 0.25) is 0 Å². The van der Waals surface area contributed by atoms with Crippen molar-refractivity contribution < 1.29 is 18.4 Å². The highest BCUT2D eigenvalue weighted by atomic mass is 32.2. The first-order valence-corrected chi connectivity index (χ1v) is 10.1. The van der Waals surface area contributed by atoms with Crippen LogP contribution in [0.15, 0.2) is 30.5 Å². The number of hydrogen-bond donors (Lipinski definition) is 2. The molecular formula is C15H20N4O4S2. The zero-order chi connectivity index (χ0) is 18.1. The standard InChI is InChI=1S/C15H20N4O4S2/c1-15(5-3-2-4-6-15)25(22,23)19-9-7-18(8-10-19)14-16-11-12(24-14)13(20)17-21/h2-5,11,21H,6-10H2,1H3,(H,17,20). The second kappa shape index (κ2) is 6.87. The monoisotopic (exact) mass is 384 g/mol. The molecule has 1 unspecified atom stereocenters. The number of hydrogen-bond acceptors (Lipinski definition) is 7. The molecule has 3 rings (SSSR count). The van der Waals surface area contributed by atoms with Crippen molar-refractivity contribution in [3.8, 4) is 0 Å². The number of carbonyl (C=O) groups excluding carboxylic acids is 1. The van der Waals surface area contributed by atoms with Crippen LogP contribution in [0.3, 0.4) is 0 Å². The molecule has 0 radical (unpaired) electrons. The second-order valence-corrected chi connectivity index (χ2v) is 9.55. The molecule has 2 aliphatic rings. The van der Waals surface area contributed by atoms with Gasteiger partial charge in [0.25, 0.3) is 5.91 Å². The maximum atomic E-state index is 13.0. The fourth-order valence-electron chi connectivity index (χ4n) is 2.88. The van der Waals surface area contributed by atoms with E-state index in [2.05, 4.69) is 4.98 Å². The van der Waals surface area contributed by atoms with E-state index in [0.29, 0.717) is 42.6 Å². The number of amides is 1. The molecule has 1 amide bonds. The molecule has 0 bridgehead atoms. The zero-order valence-corrected chi connectivity index (χ0v) is 15.4. The highest BCUT2D eigenvalue weighted by Crippen LogP contribution is 2.31. The van der Waals surface area contributed by atoms with Crippen molar-refractivity contribution in [3.63, 3.8) is 0 Å². The number of hydroxylamine groups is 1.